The molecular formula is C11H12FN3O2. The van der Waals surface area contributed by atoms with E-state index in [9.17, 15) is 14.0 Å². The number of carbonyl (C=O) groups is 2. The van der Waals surface area contributed by atoms with Crippen LogP contribution in [0.5, 0.6) is 0 Å². The van der Waals surface area contributed by atoms with Gasteiger partial charge in [0.2, 0.25) is 11.9 Å². The molecule has 1 N–H and O–H groups in total. The molecule has 1 aromatic rings. The molecule has 1 atom stereocenters. The van der Waals surface area contributed by atoms with Crippen molar-refractivity contribution in [3.8, 4) is 0 Å². The molecule has 17 heavy (non-hydrogen) atoms. The summed E-state index contributed by atoms with van der Waals surface area (Å²) in [5.41, 5.74) is 0.285. The molecule has 2 amide bonds. The largest absolute Gasteiger partial charge is 0.353 e. The number of halogens is 1. The first-order valence-corrected chi connectivity index (χ1v) is 5.30. The number of hydrogen-bond donors (Lipinski definition) is 1. The second-order valence-corrected chi connectivity index (χ2v) is 3.84. The van der Waals surface area contributed by atoms with Crippen LogP contribution in [-0.2, 0) is 4.79 Å². The highest BCUT2D eigenvalue weighted by Crippen LogP contribution is 2.10. The molecule has 1 aromatic heterocycles. The van der Waals surface area contributed by atoms with Crippen molar-refractivity contribution in [1.29, 1.82) is 0 Å². The van der Waals surface area contributed by atoms with Crippen LogP contribution in [0.3, 0.4) is 0 Å². The Labute approximate surface area is 97.6 Å². The molecule has 1 fully saturated rings. The topological polar surface area (TPSA) is 62.3 Å². The van der Waals surface area contributed by atoms with Crippen molar-refractivity contribution in [2.45, 2.75) is 13.0 Å². The van der Waals surface area contributed by atoms with Gasteiger partial charge in [0.25, 0.3) is 5.91 Å². The van der Waals surface area contributed by atoms with Gasteiger partial charge < -0.3 is 10.2 Å². The van der Waals surface area contributed by atoms with Crippen molar-refractivity contribution in [3.05, 3.63) is 29.8 Å². The normalized spacial score (nSPS) is 20.0. The standard InChI is InChI=1S/C11H12FN3O2/c1-7-10(16)13-4-5-15(7)11(17)8-2-3-9(12)14-6-8/h2-3,6-7H,4-5H2,1H3,(H,13,16). The third-order valence-electron chi connectivity index (χ3n) is 2.73. The van der Waals surface area contributed by atoms with E-state index >= 15 is 0 Å². The number of amides is 2. The zero-order chi connectivity index (χ0) is 12.4. The molecule has 2 rings (SSSR count). The number of rotatable bonds is 1. The summed E-state index contributed by atoms with van der Waals surface area (Å²) in [7, 11) is 0. The second-order valence-electron chi connectivity index (χ2n) is 3.84. The monoisotopic (exact) mass is 237 g/mol. The summed E-state index contributed by atoms with van der Waals surface area (Å²) in [4.78, 5) is 28.3. The molecule has 0 bridgehead atoms. The molecule has 0 saturated carbocycles. The average Bonchev–Trinajstić information content (AvgIpc) is 2.33. The van der Waals surface area contributed by atoms with Crippen molar-refractivity contribution >= 4 is 11.8 Å². The highest BCUT2D eigenvalue weighted by molar-refractivity contribution is 5.97. The maximum absolute atomic E-state index is 12.6. The quantitative estimate of drug-likeness (QED) is 0.709. The molecule has 2 heterocycles. The fourth-order valence-corrected chi connectivity index (χ4v) is 1.73. The first-order valence-electron chi connectivity index (χ1n) is 5.30. The van der Waals surface area contributed by atoms with Crippen molar-refractivity contribution < 1.29 is 14.0 Å². The van der Waals surface area contributed by atoms with Crippen molar-refractivity contribution in [3.63, 3.8) is 0 Å². The summed E-state index contributed by atoms with van der Waals surface area (Å²) in [6.45, 7) is 2.54. The SMILES string of the molecule is CC1C(=O)NCCN1C(=O)c1ccc(F)nc1. The van der Waals surface area contributed by atoms with Crippen molar-refractivity contribution in [1.82, 2.24) is 15.2 Å². The van der Waals surface area contributed by atoms with Gasteiger partial charge in [-0.15, -0.1) is 0 Å². The second kappa shape index (κ2) is 4.48. The molecule has 0 aromatic carbocycles. The lowest BCUT2D eigenvalue weighted by molar-refractivity contribution is -0.127. The van der Waals surface area contributed by atoms with E-state index in [0.29, 0.717) is 13.1 Å². The Morgan fingerprint density at radius 2 is 2.35 bits per heavy atom. The van der Waals surface area contributed by atoms with Gasteiger partial charge in [-0.05, 0) is 19.1 Å². The van der Waals surface area contributed by atoms with Gasteiger partial charge in [-0.3, -0.25) is 9.59 Å². The van der Waals surface area contributed by atoms with E-state index in [4.69, 9.17) is 0 Å². The van der Waals surface area contributed by atoms with E-state index < -0.39 is 12.0 Å². The molecule has 0 radical (unpaired) electrons. The highest BCUT2D eigenvalue weighted by atomic mass is 19.1. The number of piperazine rings is 1. The summed E-state index contributed by atoms with van der Waals surface area (Å²) >= 11 is 0. The van der Waals surface area contributed by atoms with E-state index in [1.54, 1.807) is 6.92 Å². The van der Waals surface area contributed by atoms with Gasteiger partial charge >= 0.3 is 0 Å². The van der Waals surface area contributed by atoms with Crippen LogP contribution < -0.4 is 5.32 Å². The van der Waals surface area contributed by atoms with Crippen LogP contribution in [0.4, 0.5) is 4.39 Å². The van der Waals surface area contributed by atoms with E-state index in [2.05, 4.69) is 10.3 Å². The third kappa shape index (κ3) is 2.25. The van der Waals surface area contributed by atoms with Crippen molar-refractivity contribution in [2.24, 2.45) is 0 Å². The molecule has 1 aliphatic rings. The fraction of sp³-hybridized carbons (Fsp3) is 0.364. The van der Waals surface area contributed by atoms with Crippen LogP contribution in [0.1, 0.15) is 17.3 Å². The van der Waals surface area contributed by atoms with Crippen LogP contribution >= 0.6 is 0 Å². The summed E-state index contributed by atoms with van der Waals surface area (Å²) in [5.74, 6) is -1.12. The third-order valence-corrected chi connectivity index (χ3v) is 2.73. The Balaban J connectivity index is 2.19. The average molecular weight is 237 g/mol. The maximum atomic E-state index is 12.6. The van der Waals surface area contributed by atoms with Crippen LogP contribution in [-0.4, -0.2) is 40.8 Å². The molecule has 1 unspecified atom stereocenters. The van der Waals surface area contributed by atoms with E-state index in [0.717, 1.165) is 6.07 Å². The lowest BCUT2D eigenvalue weighted by Crippen LogP contribution is -2.55. The van der Waals surface area contributed by atoms with E-state index in [-0.39, 0.29) is 17.4 Å². The van der Waals surface area contributed by atoms with Crippen LogP contribution in [0.15, 0.2) is 18.3 Å². The van der Waals surface area contributed by atoms with Gasteiger partial charge in [0.15, 0.2) is 0 Å². The first kappa shape index (κ1) is 11.5. The molecule has 1 aliphatic heterocycles. The zero-order valence-corrected chi connectivity index (χ0v) is 9.31. The van der Waals surface area contributed by atoms with Crippen LogP contribution in [0.2, 0.25) is 0 Å². The Morgan fingerprint density at radius 3 is 3.00 bits per heavy atom. The Morgan fingerprint density at radius 1 is 1.59 bits per heavy atom. The molecule has 5 nitrogen and oxygen atoms in total. The Hall–Kier alpha value is -1.98. The van der Waals surface area contributed by atoms with Gasteiger partial charge in [0, 0.05) is 19.3 Å². The number of aromatic nitrogens is 1. The van der Waals surface area contributed by atoms with Gasteiger partial charge in [-0.2, -0.15) is 4.39 Å². The lowest BCUT2D eigenvalue weighted by Gasteiger charge is -2.32. The number of nitrogens with zero attached hydrogens (tertiary/aromatic N) is 2. The van der Waals surface area contributed by atoms with Gasteiger partial charge in [-0.1, -0.05) is 0 Å². The molecule has 0 aliphatic carbocycles. The minimum absolute atomic E-state index is 0.181. The summed E-state index contributed by atoms with van der Waals surface area (Å²) < 4.78 is 12.6. The summed E-state index contributed by atoms with van der Waals surface area (Å²) in [6, 6.07) is 1.98. The summed E-state index contributed by atoms with van der Waals surface area (Å²) in [5, 5.41) is 2.67. The van der Waals surface area contributed by atoms with Crippen molar-refractivity contribution in [2.75, 3.05) is 13.1 Å². The van der Waals surface area contributed by atoms with Gasteiger partial charge in [0.1, 0.15) is 6.04 Å². The first-order chi connectivity index (χ1) is 8.09. The Bertz CT molecular complexity index is 447. The van der Waals surface area contributed by atoms with Gasteiger partial charge in [0.05, 0.1) is 5.56 Å². The maximum Gasteiger partial charge on any atom is 0.256 e. The van der Waals surface area contributed by atoms with Crippen LogP contribution in [0.25, 0.3) is 0 Å². The molecule has 0 spiro atoms. The minimum atomic E-state index is -0.633. The molecule has 6 heteroatoms. The van der Waals surface area contributed by atoms with Crippen LogP contribution in [0, 0.1) is 5.95 Å². The number of hydrogen-bond acceptors (Lipinski definition) is 3. The smallest absolute Gasteiger partial charge is 0.256 e. The number of carbonyl (C=O) groups excluding carboxylic acids is 2. The molecule has 90 valence electrons. The predicted octanol–water partition coefficient (Wildman–Crippen LogP) is 0.181. The number of pyridine rings is 1. The zero-order valence-electron chi connectivity index (χ0n) is 9.31. The Kier molecular flexibility index (Phi) is 3.03. The van der Waals surface area contributed by atoms with E-state index in [1.165, 1.54) is 17.2 Å². The lowest BCUT2D eigenvalue weighted by atomic mass is 10.1. The van der Waals surface area contributed by atoms with E-state index in [1.807, 2.05) is 0 Å². The summed E-state index contributed by atoms with van der Waals surface area (Å²) in [6.07, 6.45) is 1.18. The molecular weight excluding hydrogens is 225 g/mol. The fourth-order valence-electron chi connectivity index (χ4n) is 1.73. The molecule has 1 saturated heterocycles. The highest BCUT2D eigenvalue weighted by Gasteiger charge is 2.29. The minimum Gasteiger partial charge on any atom is -0.353 e. The predicted molar refractivity (Wildman–Crippen MR) is 57.7 cm³/mol. The number of nitrogens with one attached hydrogen (secondary N) is 1. The van der Waals surface area contributed by atoms with Gasteiger partial charge in [-0.25, -0.2) is 4.98 Å².